The molecule has 0 bridgehead atoms. The Bertz CT molecular complexity index is 739. The minimum atomic E-state index is -1.13. The van der Waals surface area contributed by atoms with Crippen LogP contribution in [0.15, 0.2) is 29.3 Å². The molecule has 1 heterocycles. The van der Waals surface area contributed by atoms with Crippen molar-refractivity contribution in [1.82, 2.24) is 16.0 Å². The van der Waals surface area contributed by atoms with Crippen LogP contribution in [0.3, 0.4) is 0 Å². The quantitative estimate of drug-likeness (QED) is 0.174. The molecule has 1 aliphatic heterocycles. The molecule has 1 aliphatic rings. The number of esters is 1. The van der Waals surface area contributed by atoms with Gasteiger partial charge >= 0.3 is 12.1 Å². The second-order valence-electron chi connectivity index (χ2n) is 5.41. The summed E-state index contributed by atoms with van der Waals surface area (Å²) in [6.07, 6.45) is -0.395. The van der Waals surface area contributed by atoms with Crippen molar-refractivity contribution in [2.75, 3.05) is 13.1 Å². The molecule has 11 heteroatoms. The van der Waals surface area contributed by atoms with Gasteiger partial charge in [0.2, 0.25) is 11.9 Å². The predicted octanol–water partition coefficient (Wildman–Crippen LogP) is 0.315. The number of aliphatic imine (C=N–C) groups is 1. The van der Waals surface area contributed by atoms with Crippen molar-refractivity contribution in [2.45, 2.75) is 19.4 Å². The highest BCUT2D eigenvalue weighted by Crippen LogP contribution is 2.12. The van der Waals surface area contributed by atoms with E-state index in [1.165, 1.54) is 19.1 Å². The van der Waals surface area contributed by atoms with Crippen LogP contribution >= 0.6 is 0 Å². The monoisotopic (exact) mass is 363 g/mol. The predicted molar refractivity (Wildman–Crippen MR) is 89.6 cm³/mol. The number of nitrogens with zero attached hydrogens (tertiary/aromatic N) is 2. The Morgan fingerprint density at radius 3 is 2.50 bits per heavy atom. The molecule has 0 unspecified atom stereocenters. The van der Waals surface area contributed by atoms with E-state index >= 15 is 0 Å². The Morgan fingerprint density at radius 1 is 1.27 bits per heavy atom. The molecule has 11 nitrogen and oxygen atoms in total. The number of benzene rings is 1. The van der Waals surface area contributed by atoms with Crippen LogP contribution in [-0.4, -0.2) is 48.0 Å². The number of amides is 2. The second kappa shape index (κ2) is 8.67. The zero-order chi connectivity index (χ0) is 19.1. The van der Waals surface area contributed by atoms with Crippen LogP contribution in [0, 0.1) is 10.1 Å². The topological polar surface area (TPSA) is 152 Å². The number of rotatable bonds is 3. The van der Waals surface area contributed by atoms with Gasteiger partial charge in [-0.05, 0) is 25.1 Å². The van der Waals surface area contributed by atoms with E-state index < -0.39 is 22.9 Å². The third-order valence-electron chi connectivity index (χ3n) is 3.36. The lowest BCUT2D eigenvalue weighted by atomic mass is 10.2. The van der Waals surface area contributed by atoms with E-state index in [4.69, 9.17) is 0 Å². The number of guanidine groups is 1. The normalized spacial score (nSPS) is 16.7. The van der Waals surface area contributed by atoms with Crippen LogP contribution in [0.5, 0.6) is 0 Å². The van der Waals surface area contributed by atoms with Crippen molar-refractivity contribution in [2.24, 2.45) is 4.99 Å². The van der Waals surface area contributed by atoms with E-state index in [1.54, 1.807) is 0 Å². The molecular formula is C15H17N5O6. The fourth-order valence-electron chi connectivity index (χ4n) is 2.18. The molecule has 1 fully saturated rings. The highest BCUT2D eigenvalue weighted by molar-refractivity contribution is 6.05. The zero-order valence-corrected chi connectivity index (χ0v) is 13.9. The first-order valence-electron chi connectivity index (χ1n) is 7.69. The van der Waals surface area contributed by atoms with E-state index in [2.05, 4.69) is 25.7 Å². The fourth-order valence-corrected chi connectivity index (χ4v) is 2.18. The van der Waals surface area contributed by atoms with Gasteiger partial charge in [0.15, 0.2) is 0 Å². The van der Waals surface area contributed by atoms with Crippen molar-refractivity contribution in [1.29, 1.82) is 0 Å². The van der Waals surface area contributed by atoms with Crippen LogP contribution in [0.4, 0.5) is 10.5 Å². The number of nitrogens with one attached hydrogen (secondary N) is 3. The summed E-state index contributed by atoms with van der Waals surface area (Å²) in [4.78, 5) is 49.1. The largest absolute Gasteiger partial charge is 0.421 e. The lowest BCUT2D eigenvalue weighted by molar-refractivity contribution is -0.384. The first-order chi connectivity index (χ1) is 12.3. The Kier molecular flexibility index (Phi) is 6.33. The Labute approximate surface area is 148 Å². The number of carbonyl (C=O) groups excluding carboxylic acids is 3. The van der Waals surface area contributed by atoms with Crippen molar-refractivity contribution in [3.63, 3.8) is 0 Å². The van der Waals surface area contributed by atoms with Gasteiger partial charge in [0.1, 0.15) is 0 Å². The summed E-state index contributed by atoms with van der Waals surface area (Å²) >= 11 is 0. The summed E-state index contributed by atoms with van der Waals surface area (Å²) in [6, 6.07) is 4.45. The number of ether oxygens (including phenoxy) is 1. The van der Waals surface area contributed by atoms with Crippen LogP contribution < -0.4 is 16.0 Å². The van der Waals surface area contributed by atoms with Gasteiger partial charge in [0.05, 0.1) is 16.5 Å². The van der Waals surface area contributed by atoms with Gasteiger partial charge in [-0.15, -0.1) is 0 Å². The second-order valence-corrected chi connectivity index (χ2v) is 5.41. The Hall–Kier alpha value is -3.34. The highest BCUT2D eigenvalue weighted by atomic mass is 16.6. The lowest BCUT2D eigenvalue weighted by Gasteiger charge is -2.11. The molecule has 26 heavy (non-hydrogen) atoms. The molecule has 0 spiro atoms. The molecule has 1 aromatic rings. The van der Waals surface area contributed by atoms with Crippen molar-refractivity contribution >= 4 is 29.6 Å². The molecular weight excluding hydrogens is 346 g/mol. The summed E-state index contributed by atoms with van der Waals surface area (Å²) in [7, 11) is 0. The number of hydrogen-bond acceptors (Lipinski definition) is 8. The number of non-ortho nitro benzene ring substituents is 1. The molecule has 1 aromatic carbocycles. The highest BCUT2D eigenvalue weighted by Gasteiger charge is 2.19. The molecule has 0 aliphatic carbocycles. The molecule has 1 saturated heterocycles. The Morgan fingerprint density at radius 2 is 1.96 bits per heavy atom. The molecule has 3 N–H and O–H groups in total. The summed E-state index contributed by atoms with van der Waals surface area (Å²) in [5.74, 6) is -1.56. The fraction of sp³-hybridized carbons (Fsp3) is 0.333. The van der Waals surface area contributed by atoms with Gasteiger partial charge in [-0.2, -0.15) is 0 Å². The van der Waals surface area contributed by atoms with Crippen LogP contribution in [0.1, 0.15) is 23.7 Å². The van der Waals surface area contributed by atoms with Crippen molar-refractivity contribution < 1.29 is 24.0 Å². The molecule has 0 radical (unpaired) electrons. The van der Waals surface area contributed by atoms with E-state index in [1.807, 2.05) is 0 Å². The van der Waals surface area contributed by atoms with Gasteiger partial charge in [-0.25, -0.2) is 14.6 Å². The smallest absolute Gasteiger partial charge is 0.372 e. The van der Waals surface area contributed by atoms with Gasteiger partial charge in [-0.1, -0.05) is 0 Å². The first kappa shape index (κ1) is 19.0. The molecule has 1 atom stereocenters. The third-order valence-corrected chi connectivity index (χ3v) is 3.36. The molecule has 2 rings (SSSR count). The van der Waals surface area contributed by atoms with E-state index in [-0.39, 0.29) is 23.3 Å². The maximum atomic E-state index is 11.9. The van der Waals surface area contributed by atoms with Crippen molar-refractivity contribution in [3.05, 3.63) is 39.9 Å². The minimum absolute atomic E-state index is 0.0382. The summed E-state index contributed by atoms with van der Waals surface area (Å²) in [5.41, 5.74) is -0.236. The zero-order valence-electron chi connectivity index (χ0n) is 13.9. The maximum absolute atomic E-state index is 11.9. The molecule has 138 valence electrons. The first-order valence-corrected chi connectivity index (χ1v) is 7.69. The SMILES string of the molecule is CC(=O)NC(=N[C@H]1CCNC1)NC(=O)OC(=O)c1ccc([N+](=O)[O-])cc1. The van der Waals surface area contributed by atoms with Crippen LogP contribution in [0.2, 0.25) is 0 Å². The van der Waals surface area contributed by atoms with E-state index in [9.17, 15) is 24.5 Å². The van der Waals surface area contributed by atoms with Gasteiger partial charge in [0, 0.05) is 25.6 Å². The van der Waals surface area contributed by atoms with E-state index in [0.717, 1.165) is 25.1 Å². The van der Waals surface area contributed by atoms with Crippen LogP contribution in [-0.2, 0) is 9.53 Å². The lowest BCUT2D eigenvalue weighted by Crippen LogP contribution is -2.44. The van der Waals surface area contributed by atoms with Gasteiger partial charge < -0.3 is 10.1 Å². The maximum Gasteiger partial charge on any atom is 0.421 e. The minimum Gasteiger partial charge on any atom is -0.372 e. The summed E-state index contributed by atoms with van der Waals surface area (Å²) < 4.78 is 4.61. The van der Waals surface area contributed by atoms with E-state index in [0.29, 0.717) is 6.54 Å². The number of alkyl carbamates (subject to hydrolysis) is 1. The molecule has 0 aromatic heterocycles. The Balaban J connectivity index is 1.98. The van der Waals surface area contributed by atoms with Crippen LogP contribution in [0.25, 0.3) is 0 Å². The van der Waals surface area contributed by atoms with Gasteiger partial charge in [-0.3, -0.25) is 25.5 Å². The number of carbonyl (C=O) groups is 3. The third kappa shape index (κ3) is 5.63. The van der Waals surface area contributed by atoms with Crippen molar-refractivity contribution in [3.8, 4) is 0 Å². The standard InChI is InChI=1S/C15H17N5O6/c1-9(21)17-14(18-11-6-7-16-8-11)19-15(23)26-13(22)10-2-4-12(5-3-10)20(24)25/h2-5,11,16H,6-8H2,1H3,(H2,17,18,19,21,23)/t11-/m0/s1. The number of nitro groups is 1. The summed E-state index contributed by atoms with van der Waals surface area (Å²) in [5, 5.41) is 18.2. The molecule has 0 saturated carbocycles. The average Bonchev–Trinajstić information content (AvgIpc) is 3.07. The summed E-state index contributed by atoms with van der Waals surface area (Å²) in [6.45, 7) is 2.61. The average molecular weight is 363 g/mol. The van der Waals surface area contributed by atoms with Gasteiger partial charge in [0.25, 0.3) is 5.69 Å². The molecule has 2 amide bonds. The number of nitro benzene ring substituents is 1. The number of hydrogen-bond donors (Lipinski definition) is 3.